The lowest BCUT2D eigenvalue weighted by atomic mass is 9.78. The molecule has 0 saturated heterocycles. The van der Waals surface area contributed by atoms with Gasteiger partial charge in [0.2, 0.25) is 0 Å². The molecule has 0 amide bonds. The summed E-state index contributed by atoms with van der Waals surface area (Å²) < 4.78 is 0. The molecule has 3 N–H and O–H groups in total. The molecule has 0 spiro atoms. The topological polar surface area (TPSA) is 112 Å². The van der Waals surface area contributed by atoms with Gasteiger partial charge < -0.3 is 15.3 Å². The Balaban J connectivity index is 5.20. The van der Waals surface area contributed by atoms with E-state index in [0.29, 0.717) is 19.3 Å². The van der Waals surface area contributed by atoms with Crippen LogP contribution in [-0.2, 0) is 14.4 Å². The fourth-order valence-corrected chi connectivity index (χ4v) is 4.11. The Kier molecular flexibility index (Phi) is 18.6. The van der Waals surface area contributed by atoms with Crippen LogP contribution in [0.4, 0.5) is 0 Å². The third-order valence-electron chi connectivity index (χ3n) is 6.45. The summed E-state index contributed by atoms with van der Waals surface area (Å²) >= 11 is 0. The van der Waals surface area contributed by atoms with Gasteiger partial charge in [-0.1, -0.05) is 97.8 Å². The lowest BCUT2D eigenvalue weighted by Gasteiger charge is -2.34. The minimum Gasteiger partial charge on any atom is -0.382 e. The summed E-state index contributed by atoms with van der Waals surface area (Å²) in [6.45, 7) is 6.26. The summed E-state index contributed by atoms with van der Waals surface area (Å²) in [7, 11) is 0. The zero-order valence-corrected chi connectivity index (χ0v) is 21.4. The van der Waals surface area contributed by atoms with E-state index in [1.54, 1.807) is 0 Å². The predicted molar refractivity (Wildman–Crippen MR) is 132 cm³/mol. The molecule has 0 aliphatic carbocycles. The zero-order valence-electron chi connectivity index (χ0n) is 21.4. The van der Waals surface area contributed by atoms with Gasteiger partial charge in [-0.05, 0) is 19.3 Å². The van der Waals surface area contributed by atoms with E-state index in [1.165, 1.54) is 0 Å². The first-order valence-electron chi connectivity index (χ1n) is 13.4. The molecule has 0 aliphatic heterocycles. The van der Waals surface area contributed by atoms with Crippen LogP contribution in [0.1, 0.15) is 136 Å². The number of Topliss-reactive ketones (excluding diaryl/α,β-unsaturated/α-hetero) is 3. The maximum atomic E-state index is 12.9. The second-order valence-corrected chi connectivity index (χ2v) is 9.48. The molecule has 6 nitrogen and oxygen atoms in total. The number of aliphatic hydroxyl groups is 3. The molecule has 0 aromatic carbocycles. The first-order valence-corrected chi connectivity index (χ1v) is 13.4. The molecule has 2 atom stereocenters. The average Bonchev–Trinajstić information content (AvgIpc) is 2.81. The average molecular weight is 471 g/mol. The van der Waals surface area contributed by atoms with E-state index in [0.717, 1.165) is 77.0 Å². The van der Waals surface area contributed by atoms with Crippen molar-refractivity contribution < 1.29 is 29.7 Å². The molecule has 0 aliphatic rings. The standard InChI is InChI=1S/C27H50O6/c1-4-7-10-13-16-19-22(28)25(31)27(33,24(30)21-18-15-12-9-6-3)26(32)23(29)20-17-14-11-8-5-2/h25-26,31-33H,4-21H2,1-3H3. The number of hydrogen-bond donors (Lipinski definition) is 3. The molecule has 0 saturated carbocycles. The molecule has 0 heterocycles. The Morgan fingerprint density at radius 1 is 0.545 bits per heavy atom. The van der Waals surface area contributed by atoms with Gasteiger partial charge in [0, 0.05) is 19.3 Å². The Morgan fingerprint density at radius 2 is 0.848 bits per heavy atom. The summed E-state index contributed by atoms with van der Waals surface area (Å²) in [4.78, 5) is 38.2. The highest BCUT2D eigenvalue weighted by atomic mass is 16.4. The second-order valence-electron chi connectivity index (χ2n) is 9.48. The zero-order chi connectivity index (χ0) is 25.1. The van der Waals surface area contributed by atoms with Crippen LogP contribution in [-0.4, -0.2) is 50.5 Å². The van der Waals surface area contributed by atoms with Crippen molar-refractivity contribution >= 4 is 17.3 Å². The molecule has 6 heteroatoms. The first-order chi connectivity index (χ1) is 15.8. The highest BCUT2D eigenvalue weighted by Crippen LogP contribution is 2.26. The molecule has 0 fully saturated rings. The SMILES string of the molecule is CCCCCCCC(=O)C(O)C(O)(C(=O)CCCCCCC)C(O)C(=O)CCCCCCC. The summed E-state index contributed by atoms with van der Waals surface area (Å²) in [6.07, 6.45) is 8.95. The predicted octanol–water partition coefficient (Wildman–Crippen LogP) is 5.23. The Hall–Kier alpha value is -1.11. The number of hydrogen-bond acceptors (Lipinski definition) is 6. The maximum Gasteiger partial charge on any atom is 0.189 e. The first kappa shape index (κ1) is 31.9. The third-order valence-corrected chi connectivity index (χ3v) is 6.45. The number of ketones is 3. The van der Waals surface area contributed by atoms with Crippen LogP contribution in [0.2, 0.25) is 0 Å². The molecule has 0 aromatic rings. The quantitative estimate of drug-likeness (QED) is 0.176. The Morgan fingerprint density at radius 3 is 1.18 bits per heavy atom. The maximum absolute atomic E-state index is 12.9. The molecule has 33 heavy (non-hydrogen) atoms. The van der Waals surface area contributed by atoms with E-state index in [4.69, 9.17) is 0 Å². The molecular formula is C27H50O6. The van der Waals surface area contributed by atoms with E-state index >= 15 is 0 Å². The van der Waals surface area contributed by atoms with Crippen molar-refractivity contribution in [3.8, 4) is 0 Å². The van der Waals surface area contributed by atoms with Crippen LogP contribution >= 0.6 is 0 Å². The molecule has 0 radical (unpaired) electrons. The van der Waals surface area contributed by atoms with Gasteiger partial charge >= 0.3 is 0 Å². The van der Waals surface area contributed by atoms with E-state index in [1.807, 2.05) is 0 Å². The van der Waals surface area contributed by atoms with Crippen molar-refractivity contribution in [3.63, 3.8) is 0 Å². The summed E-state index contributed by atoms with van der Waals surface area (Å²) in [6, 6.07) is 0. The van der Waals surface area contributed by atoms with Crippen LogP contribution in [0, 0.1) is 0 Å². The second kappa shape index (κ2) is 19.2. The van der Waals surface area contributed by atoms with Crippen LogP contribution in [0.25, 0.3) is 0 Å². The molecule has 0 aromatic heterocycles. The third kappa shape index (κ3) is 12.2. The minimum absolute atomic E-state index is 0.00883. The number of carbonyl (C=O) groups is 3. The Bertz CT molecular complexity index is 513. The lowest BCUT2D eigenvalue weighted by molar-refractivity contribution is -0.181. The van der Waals surface area contributed by atoms with Crippen molar-refractivity contribution in [3.05, 3.63) is 0 Å². The van der Waals surface area contributed by atoms with Gasteiger partial charge in [-0.3, -0.25) is 14.4 Å². The lowest BCUT2D eigenvalue weighted by Crippen LogP contribution is -2.63. The van der Waals surface area contributed by atoms with Crippen molar-refractivity contribution in [1.29, 1.82) is 0 Å². The van der Waals surface area contributed by atoms with Crippen LogP contribution < -0.4 is 0 Å². The van der Waals surface area contributed by atoms with Gasteiger partial charge in [-0.15, -0.1) is 0 Å². The van der Waals surface area contributed by atoms with Gasteiger partial charge in [0.05, 0.1) is 0 Å². The number of unbranched alkanes of at least 4 members (excludes halogenated alkanes) is 12. The summed E-state index contributed by atoms with van der Waals surface area (Å²) in [5.74, 6) is -2.20. The smallest absolute Gasteiger partial charge is 0.189 e. The molecule has 194 valence electrons. The van der Waals surface area contributed by atoms with Crippen LogP contribution in [0.15, 0.2) is 0 Å². The van der Waals surface area contributed by atoms with Crippen LogP contribution in [0.5, 0.6) is 0 Å². The fourth-order valence-electron chi connectivity index (χ4n) is 4.11. The van der Waals surface area contributed by atoms with Crippen molar-refractivity contribution in [2.24, 2.45) is 0 Å². The largest absolute Gasteiger partial charge is 0.382 e. The molecular weight excluding hydrogens is 420 g/mol. The van der Waals surface area contributed by atoms with Crippen LogP contribution in [0.3, 0.4) is 0 Å². The van der Waals surface area contributed by atoms with Crippen molar-refractivity contribution in [2.75, 3.05) is 0 Å². The monoisotopic (exact) mass is 470 g/mol. The van der Waals surface area contributed by atoms with E-state index in [-0.39, 0.29) is 19.3 Å². The van der Waals surface area contributed by atoms with Gasteiger partial charge in [0.25, 0.3) is 0 Å². The van der Waals surface area contributed by atoms with Crippen molar-refractivity contribution in [2.45, 2.75) is 154 Å². The molecule has 2 unspecified atom stereocenters. The normalized spacial score (nSPS) is 15.1. The van der Waals surface area contributed by atoms with Gasteiger partial charge in [0.1, 0.15) is 0 Å². The highest BCUT2D eigenvalue weighted by molar-refractivity contribution is 6.01. The number of carbonyl (C=O) groups excluding carboxylic acids is 3. The summed E-state index contributed by atoms with van der Waals surface area (Å²) in [5.41, 5.74) is -2.77. The van der Waals surface area contributed by atoms with E-state index < -0.39 is 35.2 Å². The Labute approximate surface area is 201 Å². The molecule has 0 rings (SSSR count). The number of rotatable bonds is 23. The van der Waals surface area contributed by atoms with E-state index in [9.17, 15) is 29.7 Å². The minimum atomic E-state index is -2.77. The van der Waals surface area contributed by atoms with Gasteiger partial charge in [-0.25, -0.2) is 0 Å². The van der Waals surface area contributed by atoms with Crippen molar-refractivity contribution in [1.82, 2.24) is 0 Å². The molecule has 0 bridgehead atoms. The fraction of sp³-hybridized carbons (Fsp3) is 0.889. The summed E-state index contributed by atoms with van der Waals surface area (Å²) in [5, 5.41) is 32.5. The van der Waals surface area contributed by atoms with E-state index in [2.05, 4.69) is 20.8 Å². The van der Waals surface area contributed by atoms with Gasteiger partial charge in [-0.2, -0.15) is 0 Å². The van der Waals surface area contributed by atoms with Gasteiger partial charge in [0.15, 0.2) is 35.2 Å². The number of aliphatic hydroxyl groups excluding tert-OH is 2. The highest BCUT2D eigenvalue weighted by Gasteiger charge is 2.53.